The first-order valence-corrected chi connectivity index (χ1v) is 5.62. The summed E-state index contributed by atoms with van der Waals surface area (Å²) in [6.07, 6.45) is 3.12. The molecule has 0 N–H and O–H groups in total. The van der Waals surface area contributed by atoms with Gasteiger partial charge in [0.05, 0.1) is 19.5 Å². The van der Waals surface area contributed by atoms with Crippen molar-refractivity contribution in [2.75, 3.05) is 26.3 Å². The third-order valence-electron chi connectivity index (χ3n) is 1.88. The fourth-order valence-electron chi connectivity index (χ4n) is 1.05. The predicted octanol–water partition coefficient (Wildman–Crippen LogP) is -1.16. The van der Waals surface area contributed by atoms with Crippen LogP contribution in [0.15, 0.2) is 15.0 Å². The molecule has 112 valence electrons. The summed E-state index contributed by atoms with van der Waals surface area (Å²) in [6, 6.07) is -1.40. The van der Waals surface area contributed by atoms with Gasteiger partial charge in [-0.2, -0.15) is 4.99 Å². The topological polar surface area (TPSA) is 141 Å². The molecule has 10 heteroatoms. The van der Waals surface area contributed by atoms with E-state index in [0.29, 0.717) is 0 Å². The lowest BCUT2D eigenvalue weighted by molar-refractivity contribution is -0.151. The first-order chi connectivity index (χ1) is 10.2. The highest BCUT2D eigenvalue weighted by atomic mass is 16.5. The van der Waals surface area contributed by atoms with Gasteiger partial charge in [0.1, 0.15) is 13.2 Å². The number of hydrogen-bond donors (Lipinski definition) is 0. The van der Waals surface area contributed by atoms with Crippen LogP contribution in [0.25, 0.3) is 0 Å². The van der Waals surface area contributed by atoms with Gasteiger partial charge in [-0.1, -0.05) is 0 Å². The van der Waals surface area contributed by atoms with Crippen molar-refractivity contribution in [3.05, 3.63) is 0 Å². The summed E-state index contributed by atoms with van der Waals surface area (Å²) in [5, 5.41) is 0. The molecule has 0 spiro atoms. The van der Waals surface area contributed by atoms with Crippen LogP contribution in [0.4, 0.5) is 0 Å². The van der Waals surface area contributed by atoms with Crippen molar-refractivity contribution in [2.24, 2.45) is 15.0 Å². The molecule has 0 aromatic carbocycles. The van der Waals surface area contributed by atoms with E-state index in [2.05, 4.69) is 24.5 Å². The van der Waals surface area contributed by atoms with Crippen molar-refractivity contribution in [1.82, 2.24) is 0 Å². The van der Waals surface area contributed by atoms with E-state index in [0.717, 1.165) is 6.08 Å². The molecule has 0 radical (unpaired) electrons. The Kier molecular flexibility index (Phi) is 10.4. The third-order valence-corrected chi connectivity index (χ3v) is 1.88. The van der Waals surface area contributed by atoms with Gasteiger partial charge in [-0.05, 0) is 0 Å². The molecule has 0 rings (SSSR count). The summed E-state index contributed by atoms with van der Waals surface area (Å²) >= 11 is 0. The maximum absolute atomic E-state index is 11.5. The molecular formula is C11H11N3O7. The van der Waals surface area contributed by atoms with Crippen LogP contribution in [0.1, 0.15) is 6.42 Å². The smallest absolute Gasteiger partial charge is 0.332 e. The van der Waals surface area contributed by atoms with Crippen LogP contribution in [0.5, 0.6) is 0 Å². The van der Waals surface area contributed by atoms with Gasteiger partial charge < -0.3 is 9.47 Å². The lowest BCUT2D eigenvalue weighted by Crippen LogP contribution is -2.26. The monoisotopic (exact) mass is 297 g/mol. The number of hydrogen-bond acceptors (Lipinski definition) is 10. The van der Waals surface area contributed by atoms with Crippen LogP contribution >= 0.6 is 0 Å². The number of carbonyl (C=O) groups excluding carboxylic acids is 5. The molecule has 0 heterocycles. The van der Waals surface area contributed by atoms with E-state index in [1.165, 1.54) is 12.2 Å². The molecule has 0 saturated heterocycles. The van der Waals surface area contributed by atoms with Crippen molar-refractivity contribution in [3.8, 4) is 0 Å². The molecule has 0 aromatic rings. The second-order valence-electron chi connectivity index (χ2n) is 3.27. The van der Waals surface area contributed by atoms with Crippen molar-refractivity contribution in [3.63, 3.8) is 0 Å². The fraction of sp³-hybridized carbons (Fsp3) is 0.545. The zero-order valence-corrected chi connectivity index (χ0v) is 10.8. The molecule has 0 aliphatic rings. The standard InChI is InChI=1S/C11H11N3O7/c15-6-12-1-3-20-10(18)5-9(14-8-17)11(19)21-4-2-13-7-16/h9H,1-5H2. The third kappa shape index (κ3) is 9.63. The molecule has 0 fully saturated rings. The molecule has 0 aromatic heterocycles. The highest BCUT2D eigenvalue weighted by molar-refractivity contribution is 5.83. The highest BCUT2D eigenvalue weighted by Crippen LogP contribution is 2.03. The Morgan fingerprint density at radius 3 is 2.00 bits per heavy atom. The van der Waals surface area contributed by atoms with E-state index in [1.807, 2.05) is 0 Å². The fourth-order valence-corrected chi connectivity index (χ4v) is 1.05. The van der Waals surface area contributed by atoms with Crippen LogP contribution in [-0.2, 0) is 33.4 Å². The van der Waals surface area contributed by atoms with E-state index in [1.54, 1.807) is 0 Å². The van der Waals surface area contributed by atoms with Gasteiger partial charge in [0.25, 0.3) is 0 Å². The maximum atomic E-state index is 11.5. The lowest BCUT2D eigenvalue weighted by Gasteiger charge is -2.09. The van der Waals surface area contributed by atoms with Crippen molar-refractivity contribution >= 4 is 30.2 Å². The largest absolute Gasteiger partial charge is 0.464 e. The molecule has 0 saturated carbocycles. The van der Waals surface area contributed by atoms with Gasteiger partial charge in [0.2, 0.25) is 18.2 Å². The Morgan fingerprint density at radius 2 is 1.48 bits per heavy atom. The van der Waals surface area contributed by atoms with Crippen molar-refractivity contribution < 1.29 is 33.4 Å². The summed E-state index contributed by atoms with van der Waals surface area (Å²) < 4.78 is 9.28. The quantitative estimate of drug-likeness (QED) is 0.214. The number of isocyanates is 3. The molecule has 0 amide bonds. The van der Waals surface area contributed by atoms with E-state index in [4.69, 9.17) is 0 Å². The molecule has 0 aliphatic heterocycles. The predicted molar refractivity (Wildman–Crippen MR) is 64.4 cm³/mol. The number of nitrogens with zero attached hydrogens (tertiary/aromatic N) is 3. The van der Waals surface area contributed by atoms with Crippen LogP contribution in [0, 0.1) is 0 Å². The summed E-state index contributed by atoms with van der Waals surface area (Å²) in [6.45, 7) is -0.553. The second-order valence-corrected chi connectivity index (χ2v) is 3.27. The average Bonchev–Trinajstić information content (AvgIpc) is 2.47. The van der Waals surface area contributed by atoms with Gasteiger partial charge in [-0.25, -0.2) is 29.2 Å². The minimum Gasteiger partial charge on any atom is -0.464 e. The summed E-state index contributed by atoms with van der Waals surface area (Å²) in [5.74, 6) is -1.79. The van der Waals surface area contributed by atoms with E-state index in [9.17, 15) is 24.0 Å². The summed E-state index contributed by atoms with van der Waals surface area (Å²) in [4.78, 5) is 62.0. The second kappa shape index (κ2) is 12.1. The van der Waals surface area contributed by atoms with E-state index >= 15 is 0 Å². The van der Waals surface area contributed by atoms with Gasteiger partial charge >= 0.3 is 11.9 Å². The first-order valence-electron chi connectivity index (χ1n) is 5.62. The van der Waals surface area contributed by atoms with Crippen LogP contribution in [0.3, 0.4) is 0 Å². The van der Waals surface area contributed by atoms with Crippen molar-refractivity contribution in [2.45, 2.75) is 12.5 Å². The Hall–Kier alpha value is -2.92. The Morgan fingerprint density at radius 1 is 0.905 bits per heavy atom. The molecule has 1 unspecified atom stereocenters. The summed E-state index contributed by atoms with van der Waals surface area (Å²) in [5.41, 5.74) is 0. The first kappa shape index (κ1) is 18.1. The van der Waals surface area contributed by atoms with E-state index in [-0.39, 0.29) is 26.3 Å². The molecule has 0 aliphatic carbocycles. The highest BCUT2D eigenvalue weighted by Gasteiger charge is 2.23. The van der Waals surface area contributed by atoms with E-state index < -0.39 is 24.4 Å². The minimum atomic E-state index is -1.40. The molecule has 21 heavy (non-hydrogen) atoms. The molecule has 0 bridgehead atoms. The number of rotatable bonds is 10. The lowest BCUT2D eigenvalue weighted by atomic mass is 10.2. The van der Waals surface area contributed by atoms with Gasteiger partial charge in [0.15, 0.2) is 6.04 Å². The van der Waals surface area contributed by atoms with Crippen LogP contribution in [0.2, 0.25) is 0 Å². The Labute approximate surface area is 118 Å². The Bertz CT molecular complexity index is 500. The minimum absolute atomic E-state index is 0.0645. The van der Waals surface area contributed by atoms with Crippen molar-refractivity contribution in [1.29, 1.82) is 0 Å². The van der Waals surface area contributed by atoms with Gasteiger partial charge in [-0.15, -0.1) is 0 Å². The molecule has 10 nitrogen and oxygen atoms in total. The molecular weight excluding hydrogens is 286 g/mol. The zero-order chi connectivity index (χ0) is 15.9. The van der Waals surface area contributed by atoms with Crippen LogP contribution < -0.4 is 0 Å². The Balaban J connectivity index is 4.29. The SMILES string of the molecule is O=C=NCCOC(=O)CC(N=C=O)C(=O)OCCN=C=O. The number of carbonyl (C=O) groups is 2. The number of aliphatic imine (C=N–C) groups is 3. The average molecular weight is 297 g/mol. The van der Waals surface area contributed by atoms with Crippen LogP contribution in [-0.4, -0.2) is 62.5 Å². The van der Waals surface area contributed by atoms with Gasteiger partial charge in [-0.3, -0.25) is 4.79 Å². The van der Waals surface area contributed by atoms with Gasteiger partial charge in [0, 0.05) is 0 Å². The normalized spacial score (nSPS) is 10.1. The summed E-state index contributed by atoms with van der Waals surface area (Å²) in [7, 11) is 0. The number of ether oxygens (including phenoxy) is 2. The molecule has 1 atom stereocenters. The zero-order valence-electron chi connectivity index (χ0n) is 10.8. The number of esters is 2. The maximum Gasteiger partial charge on any atom is 0.332 e.